The number of nitro groups is 1. The molecular weight excluding hydrogens is 386 g/mol. The van der Waals surface area contributed by atoms with Crippen LogP contribution in [0.5, 0.6) is 5.75 Å². The lowest BCUT2D eigenvalue weighted by Gasteiger charge is -2.19. The van der Waals surface area contributed by atoms with E-state index in [9.17, 15) is 24.8 Å². The fourth-order valence-electron chi connectivity index (χ4n) is 2.94. The van der Waals surface area contributed by atoms with E-state index < -0.39 is 33.4 Å². The Hall–Kier alpha value is -4.62. The van der Waals surface area contributed by atoms with Gasteiger partial charge in [-0.05, 0) is 11.6 Å². The fraction of sp³-hybridized carbons (Fsp3) is 0.0667. The highest BCUT2D eigenvalue weighted by Crippen LogP contribution is 2.37. The molecule has 0 saturated carbocycles. The van der Waals surface area contributed by atoms with Crippen LogP contribution in [0.4, 0.5) is 29.2 Å². The Labute approximate surface area is 160 Å². The van der Waals surface area contributed by atoms with Crippen molar-refractivity contribution in [3.8, 4) is 5.75 Å². The number of hydrogen-bond acceptors (Lipinski definition) is 11. The smallest absolute Gasteiger partial charge is 0.310 e. The van der Waals surface area contributed by atoms with Crippen LogP contribution in [0.15, 0.2) is 27.8 Å². The highest BCUT2D eigenvalue weighted by atomic mass is 16.6. The van der Waals surface area contributed by atoms with Crippen molar-refractivity contribution >= 4 is 29.2 Å². The molecule has 2 heterocycles. The molecule has 0 spiro atoms. The van der Waals surface area contributed by atoms with Gasteiger partial charge in [0.2, 0.25) is 11.9 Å². The standard InChI is InChI=1S/C15H15N9O5/c16-10-8(12(26)22-14(18)20-10)7(9-11(17)21-15(19)23-13(9)27)4-1-2-6(25)5(3-4)24(28)29/h1-3,7,25H,(H5,16,18,20,22,26)(H5,17,19,21,23,27). The van der Waals surface area contributed by atoms with Crippen LogP contribution in [0, 0.1) is 10.1 Å². The summed E-state index contributed by atoms with van der Waals surface area (Å²) in [6.07, 6.45) is 0. The van der Waals surface area contributed by atoms with E-state index in [4.69, 9.17) is 22.9 Å². The van der Waals surface area contributed by atoms with Gasteiger partial charge in [0, 0.05) is 6.07 Å². The third-order valence-corrected chi connectivity index (χ3v) is 4.11. The predicted octanol–water partition coefficient (Wildman–Crippen LogP) is -1.02. The maximum absolute atomic E-state index is 12.6. The number of phenolic OH excluding ortho intramolecular Hbond substituents is 1. The molecule has 1 aromatic carbocycles. The van der Waals surface area contributed by atoms with Gasteiger partial charge in [-0.3, -0.25) is 29.7 Å². The summed E-state index contributed by atoms with van der Waals surface area (Å²) in [6, 6.07) is 3.27. The Kier molecular flexibility index (Phi) is 4.52. The van der Waals surface area contributed by atoms with Crippen molar-refractivity contribution in [3.63, 3.8) is 0 Å². The summed E-state index contributed by atoms with van der Waals surface area (Å²) >= 11 is 0. The third kappa shape index (κ3) is 3.36. The number of H-pyrrole nitrogens is 2. The molecule has 14 nitrogen and oxygen atoms in total. The number of benzene rings is 1. The number of nitro benzene ring substituents is 1. The highest BCUT2D eigenvalue weighted by molar-refractivity contribution is 5.60. The van der Waals surface area contributed by atoms with Crippen molar-refractivity contribution in [2.24, 2.45) is 0 Å². The number of nitrogen functional groups attached to an aromatic ring is 4. The predicted molar refractivity (Wildman–Crippen MR) is 103 cm³/mol. The zero-order valence-corrected chi connectivity index (χ0v) is 14.5. The lowest BCUT2D eigenvalue weighted by molar-refractivity contribution is -0.385. The molecule has 150 valence electrons. The zero-order chi connectivity index (χ0) is 21.5. The van der Waals surface area contributed by atoms with Crippen LogP contribution in [0.1, 0.15) is 22.6 Å². The van der Waals surface area contributed by atoms with Crippen molar-refractivity contribution in [1.29, 1.82) is 0 Å². The Morgan fingerprint density at radius 2 is 1.45 bits per heavy atom. The minimum absolute atomic E-state index is 0.0436. The molecule has 14 heteroatoms. The van der Waals surface area contributed by atoms with Gasteiger partial charge in [0.05, 0.1) is 22.0 Å². The van der Waals surface area contributed by atoms with Gasteiger partial charge in [-0.1, -0.05) is 6.07 Å². The second-order valence-corrected chi connectivity index (χ2v) is 5.94. The van der Waals surface area contributed by atoms with Crippen LogP contribution < -0.4 is 34.1 Å². The maximum atomic E-state index is 12.6. The van der Waals surface area contributed by atoms with E-state index in [-0.39, 0.29) is 40.2 Å². The number of aromatic amines is 2. The number of anilines is 4. The molecular formula is C15H15N9O5. The first kappa shape index (κ1) is 19.2. The summed E-state index contributed by atoms with van der Waals surface area (Å²) in [4.78, 5) is 47.6. The van der Waals surface area contributed by atoms with Crippen LogP contribution >= 0.6 is 0 Å². The first-order valence-electron chi connectivity index (χ1n) is 7.87. The van der Waals surface area contributed by atoms with E-state index in [0.717, 1.165) is 12.1 Å². The number of rotatable bonds is 4. The van der Waals surface area contributed by atoms with Gasteiger partial charge < -0.3 is 28.0 Å². The van der Waals surface area contributed by atoms with Crippen molar-refractivity contribution < 1.29 is 10.0 Å². The average Bonchev–Trinajstić information content (AvgIpc) is 2.59. The number of aromatic nitrogens is 4. The second kappa shape index (κ2) is 6.84. The van der Waals surface area contributed by atoms with Gasteiger partial charge in [-0.25, -0.2) is 0 Å². The number of aromatic hydroxyl groups is 1. The van der Waals surface area contributed by atoms with Gasteiger partial charge in [0.25, 0.3) is 11.1 Å². The van der Waals surface area contributed by atoms with Crippen molar-refractivity contribution in [3.05, 3.63) is 65.7 Å². The number of hydrogen-bond donors (Lipinski definition) is 7. The Bertz CT molecular complexity index is 1180. The minimum Gasteiger partial charge on any atom is -0.502 e. The van der Waals surface area contributed by atoms with Crippen molar-refractivity contribution in [2.75, 3.05) is 22.9 Å². The molecule has 0 bridgehead atoms. The number of phenols is 1. The summed E-state index contributed by atoms with van der Waals surface area (Å²) in [6.45, 7) is 0. The van der Waals surface area contributed by atoms with Crippen molar-refractivity contribution in [2.45, 2.75) is 5.92 Å². The van der Waals surface area contributed by atoms with E-state index in [1.807, 2.05) is 0 Å². The Morgan fingerprint density at radius 3 is 1.86 bits per heavy atom. The topological polar surface area (TPSA) is 259 Å². The van der Waals surface area contributed by atoms with E-state index >= 15 is 0 Å². The van der Waals surface area contributed by atoms with Gasteiger partial charge in [-0.2, -0.15) is 9.97 Å². The molecule has 11 N–H and O–H groups in total. The molecule has 0 aliphatic rings. The molecule has 0 amide bonds. The average molecular weight is 401 g/mol. The largest absolute Gasteiger partial charge is 0.502 e. The lowest BCUT2D eigenvalue weighted by Crippen LogP contribution is -2.29. The fourth-order valence-corrected chi connectivity index (χ4v) is 2.94. The molecule has 0 unspecified atom stereocenters. The molecule has 0 radical (unpaired) electrons. The van der Waals surface area contributed by atoms with E-state index in [1.165, 1.54) is 6.07 Å². The monoisotopic (exact) mass is 401 g/mol. The van der Waals surface area contributed by atoms with Crippen LogP contribution in [0.3, 0.4) is 0 Å². The van der Waals surface area contributed by atoms with E-state index in [2.05, 4.69) is 19.9 Å². The molecule has 3 rings (SSSR count). The lowest BCUT2D eigenvalue weighted by atomic mass is 9.86. The Morgan fingerprint density at radius 1 is 0.966 bits per heavy atom. The second-order valence-electron chi connectivity index (χ2n) is 5.94. The van der Waals surface area contributed by atoms with Crippen LogP contribution in [-0.4, -0.2) is 30.0 Å². The summed E-state index contributed by atoms with van der Waals surface area (Å²) in [7, 11) is 0. The number of nitrogens with one attached hydrogen (secondary N) is 2. The molecule has 0 saturated heterocycles. The van der Waals surface area contributed by atoms with Crippen LogP contribution in [0.2, 0.25) is 0 Å². The molecule has 3 aromatic rings. The normalized spacial score (nSPS) is 10.9. The molecule has 29 heavy (non-hydrogen) atoms. The van der Waals surface area contributed by atoms with Crippen LogP contribution in [0.25, 0.3) is 0 Å². The maximum Gasteiger partial charge on any atom is 0.310 e. The first-order chi connectivity index (χ1) is 13.6. The number of nitrogens with two attached hydrogens (primary N) is 4. The SMILES string of the molecule is Nc1nc(N)c(C(c2ccc(O)c([N+](=O)[O-])c2)c2c(N)nc(N)[nH]c2=O)c(=O)[nH]1. The van der Waals surface area contributed by atoms with Crippen LogP contribution in [-0.2, 0) is 0 Å². The molecule has 2 aromatic heterocycles. The van der Waals surface area contributed by atoms with E-state index in [0.29, 0.717) is 0 Å². The first-order valence-corrected chi connectivity index (χ1v) is 7.87. The Balaban J connectivity index is 2.42. The molecule has 0 atom stereocenters. The van der Waals surface area contributed by atoms with Gasteiger partial charge in [0.15, 0.2) is 5.75 Å². The summed E-state index contributed by atoms with van der Waals surface area (Å²) in [5.41, 5.74) is 20.0. The molecule has 0 aliphatic carbocycles. The molecule has 0 aliphatic heterocycles. The van der Waals surface area contributed by atoms with E-state index in [1.54, 1.807) is 0 Å². The summed E-state index contributed by atoms with van der Waals surface area (Å²) in [5, 5.41) is 21.0. The number of nitrogens with zero attached hydrogens (tertiary/aromatic N) is 3. The van der Waals surface area contributed by atoms with Gasteiger partial charge >= 0.3 is 5.69 Å². The van der Waals surface area contributed by atoms with Gasteiger partial charge in [0.1, 0.15) is 11.6 Å². The minimum atomic E-state index is -1.33. The summed E-state index contributed by atoms with van der Waals surface area (Å²) in [5.74, 6) is -3.16. The quantitative estimate of drug-likeness (QED) is 0.205. The van der Waals surface area contributed by atoms with Crippen molar-refractivity contribution in [1.82, 2.24) is 19.9 Å². The zero-order valence-electron chi connectivity index (χ0n) is 14.5. The highest BCUT2D eigenvalue weighted by Gasteiger charge is 2.31. The summed E-state index contributed by atoms with van der Waals surface area (Å²) < 4.78 is 0. The molecule has 0 fully saturated rings. The van der Waals surface area contributed by atoms with Gasteiger partial charge in [-0.15, -0.1) is 0 Å². The third-order valence-electron chi connectivity index (χ3n) is 4.11.